The number of carboxylic acids is 2. The van der Waals surface area contributed by atoms with Gasteiger partial charge < -0.3 is 20.1 Å². The van der Waals surface area contributed by atoms with E-state index in [-0.39, 0.29) is 0 Å². The minimum Gasteiger partial charge on any atom is -0.480 e. The molecule has 0 radical (unpaired) electrons. The van der Waals surface area contributed by atoms with Gasteiger partial charge in [-0.15, -0.1) is 0 Å². The lowest BCUT2D eigenvalue weighted by molar-refractivity contribution is -0.136. The maximum absolute atomic E-state index is 10.8. The molecule has 0 saturated carbocycles. The van der Waals surface area contributed by atoms with Crippen LogP contribution in [0.25, 0.3) is 11.0 Å². The minimum absolute atomic E-state index is 0.291. The van der Waals surface area contributed by atoms with E-state index in [4.69, 9.17) is 10.2 Å². The van der Waals surface area contributed by atoms with E-state index in [1.54, 1.807) is 6.07 Å². The maximum atomic E-state index is 10.8. The molecule has 2 rings (SSSR count). The van der Waals surface area contributed by atoms with Crippen LogP contribution in [0.4, 0.5) is 5.82 Å². The summed E-state index contributed by atoms with van der Waals surface area (Å²) in [7, 11) is 0. The molecular formula is C11H12N4O4. The average molecular weight is 264 g/mol. The molecule has 19 heavy (non-hydrogen) atoms. The van der Waals surface area contributed by atoms with Crippen molar-refractivity contribution in [2.75, 3.05) is 18.0 Å². The normalized spacial score (nSPS) is 10.6. The molecule has 8 heteroatoms. The lowest BCUT2D eigenvalue weighted by atomic mass is 10.3. The SMILES string of the molecule is Cc1cc2c(N(CC(=O)O)CC(=O)O)ncnc2[nH]1. The van der Waals surface area contributed by atoms with Crippen molar-refractivity contribution in [3.63, 3.8) is 0 Å². The Labute approximate surface area is 107 Å². The molecule has 8 nitrogen and oxygen atoms in total. The second kappa shape index (κ2) is 4.92. The topological polar surface area (TPSA) is 119 Å². The van der Waals surface area contributed by atoms with E-state index in [2.05, 4.69) is 15.0 Å². The zero-order valence-electron chi connectivity index (χ0n) is 10.1. The van der Waals surface area contributed by atoms with E-state index in [1.165, 1.54) is 11.2 Å². The maximum Gasteiger partial charge on any atom is 0.323 e. The van der Waals surface area contributed by atoms with Crippen LogP contribution in [0.15, 0.2) is 12.4 Å². The van der Waals surface area contributed by atoms with Gasteiger partial charge in [0.1, 0.15) is 30.9 Å². The molecule has 0 aromatic carbocycles. The lowest BCUT2D eigenvalue weighted by Gasteiger charge is -2.19. The van der Waals surface area contributed by atoms with Gasteiger partial charge in [-0.05, 0) is 13.0 Å². The first-order valence-electron chi connectivity index (χ1n) is 5.46. The monoisotopic (exact) mass is 264 g/mol. The third-order valence-corrected chi connectivity index (χ3v) is 2.49. The predicted octanol–water partition coefficient (Wildman–Crippen LogP) is 0.242. The van der Waals surface area contributed by atoms with Crippen molar-refractivity contribution in [3.05, 3.63) is 18.1 Å². The molecule has 0 bridgehead atoms. The van der Waals surface area contributed by atoms with Crippen molar-refractivity contribution in [2.24, 2.45) is 0 Å². The van der Waals surface area contributed by atoms with Gasteiger partial charge in [-0.3, -0.25) is 9.59 Å². The summed E-state index contributed by atoms with van der Waals surface area (Å²) in [6.45, 7) is 0.940. The summed E-state index contributed by atoms with van der Waals surface area (Å²) in [4.78, 5) is 33.8. The number of aliphatic carboxylic acids is 2. The Hall–Kier alpha value is -2.64. The lowest BCUT2D eigenvalue weighted by Crippen LogP contribution is -2.35. The zero-order valence-corrected chi connectivity index (χ0v) is 10.1. The molecule has 0 saturated heterocycles. The number of carboxylic acid groups (broad SMARTS) is 2. The van der Waals surface area contributed by atoms with Crippen LogP contribution >= 0.6 is 0 Å². The average Bonchev–Trinajstić information content (AvgIpc) is 2.66. The van der Waals surface area contributed by atoms with E-state index < -0.39 is 25.0 Å². The molecule has 100 valence electrons. The van der Waals surface area contributed by atoms with Crippen molar-refractivity contribution in [1.29, 1.82) is 0 Å². The summed E-state index contributed by atoms with van der Waals surface area (Å²) >= 11 is 0. The van der Waals surface area contributed by atoms with Crippen molar-refractivity contribution in [1.82, 2.24) is 15.0 Å². The van der Waals surface area contributed by atoms with E-state index in [0.717, 1.165) is 5.69 Å². The number of nitrogens with zero attached hydrogens (tertiary/aromatic N) is 3. The standard InChI is InChI=1S/C11H12N4O4/c1-6-2-7-10(14-6)12-5-13-11(7)15(3-8(16)17)4-9(18)19/h2,5H,3-4H2,1H3,(H,16,17)(H,18,19)(H,12,13,14). The highest BCUT2D eigenvalue weighted by molar-refractivity contribution is 5.91. The van der Waals surface area contributed by atoms with E-state index in [0.29, 0.717) is 16.9 Å². The fourth-order valence-electron chi connectivity index (χ4n) is 1.84. The number of aromatic amines is 1. The minimum atomic E-state index is -1.12. The molecule has 2 aromatic heterocycles. The number of hydrogen-bond acceptors (Lipinski definition) is 5. The molecular weight excluding hydrogens is 252 g/mol. The van der Waals surface area contributed by atoms with Gasteiger partial charge >= 0.3 is 11.9 Å². The fraction of sp³-hybridized carbons (Fsp3) is 0.273. The molecule has 0 fully saturated rings. The zero-order chi connectivity index (χ0) is 14.0. The van der Waals surface area contributed by atoms with Crippen molar-refractivity contribution >= 4 is 28.8 Å². The number of hydrogen-bond donors (Lipinski definition) is 3. The van der Waals surface area contributed by atoms with Gasteiger partial charge in [0.05, 0.1) is 5.39 Å². The van der Waals surface area contributed by atoms with Crippen LogP contribution in [-0.4, -0.2) is 50.2 Å². The summed E-state index contributed by atoms with van der Waals surface area (Å²) in [5.41, 5.74) is 1.38. The quantitative estimate of drug-likeness (QED) is 0.707. The Bertz CT molecular complexity index is 621. The van der Waals surface area contributed by atoms with Crippen LogP contribution in [0.1, 0.15) is 5.69 Å². The Morgan fingerprint density at radius 3 is 2.47 bits per heavy atom. The third-order valence-electron chi connectivity index (χ3n) is 2.49. The second-order valence-corrected chi connectivity index (χ2v) is 4.06. The molecule has 2 aromatic rings. The van der Waals surface area contributed by atoms with Gasteiger partial charge in [-0.1, -0.05) is 0 Å². The van der Waals surface area contributed by atoms with Gasteiger partial charge in [-0.2, -0.15) is 0 Å². The molecule has 2 heterocycles. The highest BCUT2D eigenvalue weighted by atomic mass is 16.4. The van der Waals surface area contributed by atoms with Crippen LogP contribution in [0, 0.1) is 6.92 Å². The number of aromatic nitrogens is 3. The van der Waals surface area contributed by atoms with Gasteiger partial charge in [0.2, 0.25) is 0 Å². The molecule has 0 amide bonds. The predicted molar refractivity (Wildman–Crippen MR) is 66.1 cm³/mol. The van der Waals surface area contributed by atoms with Crippen LogP contribution in [0.2, 0.25) is 0 Å². The number of H-pyrrole nitrogens is 1. The first-order chi connectivity index (χ1) is 8.97. The second-order valence-electron chi connectivity index (χ2n) is 4.06. The third kappa shape index (κ3) is 2.79. The van der Waals surface area contributed by atoms with Crippen LogP contribution in [0.3, 0.4) is 0 Å². The summed E-state index contributed by atoms with van der Waals surface area (Å²) in [6, 6.07) is 1.75. The number of anilines is 1. The number of rotatable bonds is 5. The fourth-order valence-corrected chi connectivity index (χ4v) is 1.84. The van der Waals surface area contributed by atoms with Gasteiger partial charge in [-0.25, -0.2) is 9.97 Å². The number of fused-ring (bicyclic) bond motifs is 1. The van der Waals surface area contributed by atoms with Crippen LogP contribution in [0.5, 0.6) is 0 Å². The van der Waals surface area contributed by atoms with Crippen LogP contribution < -0.4 is 4.90 Å². The number of aryl methyl sites for hydroxylation is 1. The largest absolute Gasteiger partial charge is 0.480 e. The molecule has 0 atom stereocenters. The summed E-state index contributed by atoms with van der Waals surface area (Å²) < 4.78 is 0. The summed E-state index contributed by atoms with van der Waals surface area (Å²) in [5, 5.41) is 18.3. The highest BCUT2D eigenvalue weighted by Crippen LogP contribution is 2.23. The Morgan fingerprint density at radius 1 is 1.26 bits per heavy atom. The van der Waals surface area contributed by atoms with E-state index in [1.807, 2.05) is 6.92 Å². The Kier molecular flexibility index (Phi) is 3.32. The molecule has 0 spiro atoms. The first kappa shape index (κ1) is 12.8. The van der Waals surface area contributed by atoms with Crippen molar-refractivity contribution in [2.45, 2.75) is 6.92 Å². The van der Waals surface area contributed by atoms with Crippen LogP contribution in [-0.2, 0) is 9.59 Å². The molecule has 0 unspecified atom stereocenters. The first-order valence-corrected chi connectivity index (χ1v) is 5.46. The Balaban J connectivity index is 2.48. The van der Waals surface area contributed by atoms with Crippen molar-refractivity contribution in [3.8, 4) is 0 Å². The van der Waals surface area contributed by atoms with Gasteiger partial charge in [0.25, 0.3) is 0 Å². The van der Waals surface area contributed by atoms with Crippen molar-refractivity contribution < 1.29 is 19.8 Å². The van der Waals surface area contributed by atoms with E-state index in [9.17, 15) is 9.59 Å². The summed E-state index contributed by atoms with van der Waals surface area (Å²) in [5.74, 6) is -1.96. The summed E-state index contributed by atoms with van der Waals surface area (Å²) in [6.07, 6.45) is 1.27. The number of nitrogens with one attached hydrogen (secondary N) is 1. The van der Waals surface area contributed by atoms with Gasteiger partial charge in [0.15, 0.2) is 0 Å². The Morgan fingerprint density at radius 2 is 1.89 bits per heavy atom. The molecule has 0 aliphatic heterocycles. The van der Waals surface area contributed by atoms with E-state index >= 15 is 0 Å². The highest BCUT2D eigenvalue weighted by Gasteiger charge is 2.18. The molecule has 0 aliphatic rings. The number of carbonyl (C=O) groups is 2. The molecule has 3 N–H and O–H groups in total. The smallest absolute Gasteiger partial charge is 0.323 e. The molecule has 0 aliphatic carbocycles. The van der Waals surface area contributed by atoms with Gasteiger partial charge in [0, 0.05) is 5.69 Å².